The van der Waals surface area contributed by atoms with Crippen LogP contribution in [-0.4, -0.2) is 39.3 Å². The Morgan fingerprint density at radius 3 is 1.81 bits per heavy atom. The molecule has 7 heteroatoms. The van der Waals surface area contributed by atoms with E-state index in [9.17, 15) is 9.90 Å². The smallest absolute Gasteiger partial charge is 0.403 e. The molecule has 0 fully saturated rings. The maximum Gasteiger partial charge on any atom is 0.403 e. The van der Waals surface area contributed by atoms with E-state index in [-0.39, 0.29) is 0 Å². The van der Waals surface area contributed by atoms with Crippen molar-refractivity contribution in [2.75, 3.05) is 24.4 Å². The molecule has 1 N–H and O–H groups in total. The SMILES string of the molecule is CCOc1ccc(N(C(=O)O)[Si](CC)(CC)CC)c(OCC)c1OCC. The second-order valence-electron chi connectivity index (χ2n) is 5.94. The number of anilines is 1. The van der Waals surface area contributed by atoms with Gasteiger partial charge in [0.05, 0.1) is 25.5 Å². The molecule has 1 amide bonds. The first-order valence-electron chi connectivity index (χ1n) is 9.54. The van der Waals surface area contributed by atoms with Crippen molar-refractivity contribution in [3.8, 4) is 17.2 Å². The predicted octanol–water partition coefficient (Wildman–Crippen LogP) is 5.37. The lowest BCUT2D eigenvalue weighted by molar-refractivity contribution is 0.205. The number of hydrogen-bond donors (Lipinski definition) is 1. The topological polar surface area (TPSA) is 68.2 Å². The molecule has 0 aliphatic rings. The van der Waals surface area contributed by atoms with Gasteiger partial charge in [-0.3, -0.25) is 0 Å². The van der Waals surface area contributed by atoms with E-state index in [4.69, 9.17) is 14.2 Å². The molecule has 0 bridgehead atoms. The monoisotopic (exact) mass is 383 g/mol. The van der Waals surface area contributed by atoms with Crippen LogP contribution in [0.2, 0.25) is 18.1 Å². The number of carbonyl (C=O) groups is 1. The first-order chi connectivity index (χ1) is 12.5. The number of benzene rings is 1. The van der Waals surface area contributed by atoms with Gasteiger partial charge in [0.15, 0.2) is 19.7 Å². The first-order valence-corrected chi connectivity index (χ1v) is 12.1. The normalized spacial score (nSPS) is 11.2. The summed E-state index contributed by atoms with van der Waals surface area (Å²) in [6.07, 6.45) is -0.935. The van der Waals surface area contributed by atoms with Crippen molar-refractivity contribution in [2.45, 2.75) is 59.7 Å². The minimum atomic E-state index is -2.24. The molecule has 6 nitrogen and oxygen atoms in total. The molecule has 0 aliphatic heterocycles. The third kappa shape index (κ3) is 4.44. The van der Waals surface area contributed by atoms with Gasteiger partial charge in [0.1, 0.15) is 0 Å². The fourth-order valence-electron chi connectivity index (χ4n) is 3.33. The van der Waals surface area contributed by atoms with Crippen LogP contribution in [0.4, 0.5) is 10.5 Å². The number of nitrogens with zero attached hydrogens (tertiary/aromatic N) is 1. The van der Waals surface area contributed by atoms with Crippen LogP contribution in [0, 0.1) is 0 Å². The van der Waals surface area contributed by atoms with Crippen LogP contribution < -0.4 is 18.8 Å². The average molecular weight is 384 g/mol. The van der Waals surface area contributed by atoms with Crippen LogP contribution in [0.25, 0.3) is 0 Å². The molecule has 0 saturated carbocycles. The Hall–Kier alpha value is -1.89. The summed E-state index contributed by atoms with van der Waals surface area (Å²) in [5.74, 6) is 1.50. The molecule has 0 aliphatic carbocycles. The number of rotatable bonds is 11. The van der Waals surface area contributed by atoms with E-state index in [0.717, 1.165) is 18.1 Å². The summed E-state index contributed by atoms with van der Waals surface area (Å²) >= 11 is 0. The zero-order valence-electron chi connectivity index (χ0n) is 16.9. The molecule has 0 spiro atoms. The van der Waals surface area contributed by atoms with Gasteiger partial charge in [0.2, 0.25) is 5.75 Å². The van der Waals surface area contributed by atoms with Crippen LogP contribution in [0.15, 0.2) is 12.1 Å². The van der Waals surface area contributed by atoms with E-state index in [1.807, 2.05) is 20.8 Å². The van der Waals surface area contributed by atoms with Crippen molar-refractivity contribution in [3.05, 3.63) is 12.1 Å². The fraction of sp³-hybridized carbons (Fsp3) is 0.632. The second-order valence-corrected chi connectivity index (χ2v) is 11.0. The van der Waals surface area contributed by atoms with Gasteiger partial charge in [0, 0.05) is 0 Å². The van der Waals surface area contributed by atoms with Gasteiger partial charge >= 0.3 is 6.09 Å². The van der Waals surface area contributed by atoms with Crippen molar-refractivity contribution in [3.63, 3.8) is 0 Å². The molecule has 0 aromatic heterocycles. The predicted molar refractivity (Wildman–Crippen MR) is 108 cm³/mol. The quantitative estimate of drug-likeness (QED) is 0.520. The van der Waals surface area contributed by atoms with Crippen molar-refractivity contribution in [1.82, 2.24) is 0 Å². The number of carboxylic acid groups (broad SMARTS) is 1. The Morgan fingerprint density at radius 1 is 0.885 bits per heavy atom. The molecule has 148 valence electrons. The molecule has 0 radical (unpaired) electrons. The standard InChI is InChI=1S/C19H33NO5Si/c1-7-23-16-14-13-15(17(24-8-2)18(16)25-9-3)20(19(21)22)26(10-4,11-5)12-6/h13-14H,7-12H2,1-6H3,(H,21,22). The molecule has 1 aromatic rings. The summed E-state index contributed by atoms with van der Waals surface area (Å²) in [6.45, 7) is 13.2. The molecule has 0 saturated heterocycles. The highest BCUT2D eigenvalue weighted by Gasteiger charge is 2.41. The molecule has 0 atom stereocenters. The highest BCUT2D eigenvalue weighted by Crippen LogP contribution is 2.47. The van der Waals surface area contributed by atoms with Gasteiger partial charge in [-0.1, -0.05) is 20.8 Å². The van der Waals surface area contributed by atoms with E-state index in [0.29, 0.717) is 42.8 Å². The van der Waals surface area contributed by atoms with Crippen LogP contribution >= 0.6 is 0 Å². The van der Waals surface area contributed by atoms with E-state index in [2.05, 4.69) is 20.8 Å². The number of amides is 1. The third-order valence-electron chi connectivity index (χ3n) is 4.81. The summed E-state index contributed by atoms with van der Waals surface area (Å²) in [5, 5.41) is 10.1. The molecule has 0 heterocycles. The highest BCUT2D eigenvalue weighted by molar-refractivity contribution is 6.86. The molecular formula is C19H33NO5Si. The molecular weight excluding hydrogens is 350 g/mol. The zero-order valence-corrected chi connectivity index (χ0v) is 17.9. The van der Waals surface area contributed by atoms with Crippen molar-refractivity contribution in [1.29, 1.82) is 0 Å². The first kappa shape index (κ1) is 22.1. The van der Waals surface area contributed by atoms with E-state index in [1.165, 1.54) is 0 Å². The summed E-state index contributed by atoms with van der Waals surface area (Å²) in [7, 11) is -2.24. The van der Waals surface area contributed by atoms with E-state index in [1.54, 1.807) is 16.7 Å². The third-order valence-corrected chi connectivity index (χ3v) is 10.1. The van der Waals surface area contributed by atoms with Gasteiger partial charge in [-0.2, -0.15) is 0 Å². The molecule has 1 aromatic carbocycles. The lowest BCUT2D eigenvalue weighted by atomic mass is 10.2. The van der Waals surface area contributed by atoms with Gasteiger partial charge in [-0.25, -0.2) is 4.79 Å². The summed E-state index contributed by atoms with van der Waals surface area (Å²) in [4.78, 5) is 12.3. The largest absolute Gasteiger partial charge is 0.490 e. The van der Waals surface area contributed by atoms with E-state index < -0.39 is 14.3 Å². The minimum Gasteiger partial charge on any atom is -0.490 e. The lowest BCUT2D eigenvalue weighted by Gasteiger charge is -2.39. The van der Waals surface area contributed by atoms with Crippen LogP contribution in [0.3, 0.4) is 0 Å². The Morgan fingerprint density at radius 2 is 1.38 bits per heavy atom. The number of ether oxygens (including phenoxy) is 3. The fourth-order valence-corrected chi connectivity index (χ4v) is 6.87. The Labute approximate surface area is 158 Å². The Kier molecular flexibility index (Phi) is 8.78. The lowest BCUT2D eigenvalue weighted by Crippen LogP contribution is -2.55. The van der Waals surface area contributed by atoms with Gasteiger partial charge in [0.25, 0.3) is 0 Å². The maximum absolute atomic E-state index is 12.3. The van der Waals surface area contributed by atoms with Crippen LogP contribution in [0.5, 0.6) is 17.2 Å². The van der Waals surface area contributed by atoms with E-state index >= 15 is 0 Å². The molecule has 0 unspecified atom stereocenters. The maximum atomic E-state index is 12.3. The Bertz CT molecular complexity index is 581. The van der Waals surface area contributed by atoms with Gasteiger partial charge in [-0.15, -0.1) is 0 Å². The highest BCUT2D eigenvalue weighted by atomic mass is 28.3. The van der Waals surface area contributed by atoms with Gasteiger partial charge in [-0.05, 0) is 51.0 Å². The summed E-state index contributed by atoms with van der Waals surface area (Å²) < 4.78 is 18.9. The van der Waals surface area contributed by atoms with Crippen molar-refractivity contribution in [2.24, 2.45) is 0 Å². The van der Waals surface area contributed by atoms with Crippen molar-refractivity contribution >= 4 is 20.0 Å². The summed E-state index contributed by atoms with van der Waals surface area (Å²) in [5.41, 5.74) is 0.559. The number of hydrogen-bond acceptors (Lipinski definition) is 4. The van der Waals surface area contributed by atoms with Crippen LogP contribution in [-0.2, 0) is 0 Å². The van der Waals surface area contributed by atoms with Crippen molar-refractivity contribution < 1.29 is 24.1 Å². The summed E-state index contributed by atoms with van der Waals surface area (Å²) in [6, 6.07) is 6.09. The Balaban J connectivity index is 3.70. The molecule has 26 heavy (non-hydrogen) atoms. The minimum absolute atomic E-state index is 0.412. The average Bonchev–Trinajstić information content (AvgIpc) is 2.63. The van der Waals surface area contributed by atoms with Gasteiger partial charge < -0.3 is 23.9 Å². The zero-order chi connectivity index (χ0) is 19.7. The second kappa shape index (κ2) is 10.3. The molecule has 1 rings (SSSR count). The van der Waals surface area contributed by atoms with Crippen LogP contribution in [0.1, 0.15) is 41.5 Å².